The fourth-order valence-electron chi connectivity index (χ4n) is 4.04. The van der Waals surface area contributed by atoms with Gasteiger partial charge in [0.25, 0.3) is 0 Å². The van der Waals surface area contributed by atoms with Gasteiger partial charge in [-0.25, -0.2) is 0 Å². The molecule has 5 atom stereocenters. The van der Waals surface area contributed by atoms with Crippen molar-refractivity contribution in [2.24, 2.45) is 11.8 Å². The molecule has 168 valence electrons. The molecule has 32 heavy (non-hydrogen) atoms. The second-order valence-corrected chi connectivity index (χ2v) is 9.63. The van der Waals surface area contributed by atoms with E-state index in [2.05, 4.69) is 74.5 Å². The molecular formula is C28H32O3S. The third-order valence-electron chi connectivity index (χ3n) is 6.19. The van der Waals surface area contributed by atoms with Crippen molar-refractivity contribution < 1.29 is 14.2 Å². The summed E-state index contributed by atoms with van der Waals surface area (Å²) in [5, 5.41) is 0. The monoisotopic (exact) mass is 448 g/mol. The Labute approximate surface area is 196 Å². The van der Waals surface area contributed by atoms with Gasteiger partial charge in [0.15, 0.2) is 0 Å². The van der Waals surface area contributed by atoms with Gasteiger partial charge in [-0.3, -0.25) is 0 Å². The first-order valence-corrected chi connectivity index (χ1v) is 12.2. The molecule has 0 aliphatic carbocycles. The molecule has 0 bridgehead atoms. The van der Waals surface area contributed by atoms with Crippen LogP contribution in [0, 0.1) is 11.8 Å². The molecule has 0 aromatic heterocycles. The van der Waals surface area contributed by atoms with Crippen LogP contribution in [0.15, 0.2) is 95.9 Å². The van der Waals surface area contributed by atoms with Crippen LogP contribution in [-0.4, -0.2) is 24.3 Å². The fourth-order valence-corrected chi connectivity index (χ4v) is 5.28. The Bertz CT molecular complexity index is 917. The molecule has 1 saturated heterocycles. The molecule has 4 heteroatoms. The highest BCUT2D eigenvalue weighted by atomic mass is 32.2. The predicted octanol–water partition coefficient (Wildman–Crippen LogP) is 6.58. The average molecular weight is 449 g/mol. The van der Waals surface area contributed by atoms with Crippen molar-refractivity contribution in [2.45, 2.75) is 49.6 Å². The number of hydrogen-bond acceptors (Lipinski definition) is 4. The Morgan fingerprint density at radius 2 is 1.28 bits per heavy atom. The van der Waals surface area contributed by atoms with Crippen molar-refractivity contribution in [3.63, 3.8) is 0 Å². The summed E-state index contributed by atoms with van der Waals surface area (Å²) in [4.78, 5) is 1.19. The van der Waals surface area contributed by atoms with Crippen LogP contribution in [0.3, 0.4) is 0 Å². The van der Waals surface area contributed by atoms with Gasteiger partial charge in [0.1, 0.15) is 5.44 Å². The highest BCUT2D eigenvalue weighted by Crippen LogP contribution is 2.40. The van der Waals surface area contributed by atoms with Crippen LogP contribution in [0.2, 0.25) is 0 Å². The molecule has 3 aromatic rings. The Hall–Kier alpha value is -2.11. The zero-order chi connectivity index (χ0) is 22.2. The summed E-state index contributed by atoms with van der Waals surface area (Å²) in [6.45, 7) is 6.31. The van der Waals surface area contributed by atoms with Crippen molar-refractivity contribution >= 4 is 11.8 Å². The molecule has 0 spiro atoms. The van der Waals surface area contributed by atoms with Crippen molar-refractivity contribution in [3.8, 4) is 0 Å². The van der Waals surface area contributed by atoms with Gasteiger partial charge >= 0.3 is 0 Å². The molecule has 1 fully saturated rings. The lowest BCUT2D eigenvalue weighted by Gasteiger charge is -2.44. The molecule has 4 rings (SSSR count). The zero-order valence-corrected chi connectivity index (χ0v) is 19.6. The Kier molecular flexibility index (Phi) is 8.41. The first kappa shape index (κ1) is 23.1. The van der Waals surface area contributed by atoms with E-state index in [1.165, 1.54) is 16.0 Å². The average Bonchev–Trinajstić information content (AvgIpc) is 2.84. The smallest absolute Gasteiger partial charge is 0.134 e. The van der Waals surface area contributed by atoms with Gasteiger partial charge in [0, 0.05) is 4.90 Å². The summed E-state index contributed by atoms with van der Waals surface area (Å²) in [6, 6.07) is 31.1. The van der Waals surface area contributed by atoms with Crippen molar-refractivity contribution in [2.75, 3.05) is 6.61 Å². The van der Waals surface area contributed by atoms with Crippen molar-refractivity contribution in [1.29, 1.82) is 0 Å². The van der Waals surface area contributed by atoms with Gasteiger partial charge in [-0.1, -0.05) is 104 Å². The number of rotatable bonds is 9. The standard InChI is InChI=1S/C28H32O3S/c1-21-22(2)27(30-19-24-14-8-4-9-15-24)28(32-25-16-10-5-11-17-25)31-26(21)20-29-18-23-12-6-3-7-13-23/h3-17,21-22,26-28H,18-20H2,1-2H3/t21-,22+,26?,27?,28+/m1/s1. The topological polar surface area (TPSA) is 27.7 Å². The van der Waals surface area contributed by atoms with E-state index in [1.54, 1.807) is 11.8 Å². The first-order valence-electron chi connectivity index (χ1n) is 11.3. The van der Waals surface area contributed by atoms with Gasteiger partial charge < -0.3 is 14.2 Å². The summed E-state index contributed by atoms with van der Waals surface area (Å²) >= 11 is 1.74. The molecular weight excluding hydrogens is 416 g/mol. The van der Waals surface area contributed by atoms with Gasteiger partial charge in [0.2, 0.25) is 0 Å². The molecule has 3 nitrogen and oxygen atoms in total. The second kappa shape index (κ2) is 11.7. The number of thioether (sulfide) groups is 1. The lowest BCUT2D eigenvalue weighted by molar-refractivity contribution is -0.174. The Morgan fingerprint density at radius 3 is 1.91 bits per heavy atom. The Balaban J connectivity index is 1.43. The predicted molar refractivity (Wildman–Crippen MR) is 130 cm³/mol. The fraction of sp³-hybridized carbons (Fsp3) is 0.357. The minimum atomic E-state index is -0.0855. The zero-order valence-electron chi connectivity index (χ0n) is 18.8. The van der Waals surface area contributed by atoms with E-state index >= 15 is 0 Å². The lowest BCUT2D eigenvalue weighted by atomic mass is 9.84. The van der Waals surface area contributed by atoms with Crippen LogP contribution >= 0.6 is 11.8 Å². The van der Waals surface area contributed by atoms with E-state index in [9.17, 15) is 0 Å². The molecule has 1 heterocycles. The molecule has 0 radical (unpaired) electrons. The SMILES string of the molecule is C[C@@H]1C(OCc2ccccc2)[C@H](Sc2ccccc2)OC(COCc2ccccc2)[C@@H]1C. The van der Waals surface area contributed by atoms with E-state index < -0.39 is 0 Å². The number of benzene rings is 3. The maximum Gasteiger partial charge on any atom is 0.134 e. The molecule has 0 saturated carbocycles. The van der Waals surface area contributed by atoms with E-state index in [4.69, 9.17) is 14.2 Å². The molecule has 1 aliphatic rings. The van der Waals surface area contributed by atoms with Gasteiger partial charge in [0.05, 0.1) is 32.0 Å². The normalized spacial score (nSPS) is 25.5. The summed E-state index contributed by atoms with van der Waals surface area (Å²) < 4.78 is 19.2. The molecule has 0 N–H and O–H groups in total. The van der Waals surface area contributed by atoms with Crippen molar-refractivity contribution in [1.82, 2.24) is 0 Å². The third kappa shape index (κ3) is 6.23. The maximum atomic E-state index is 6.63. The van der Waals surface area contributed by atoms with Crippen LogP contribution in [0.4, 0.5) is 0 Å². The minimum Gasteiger partial charge on any atom is -0.374 e. The van der Waals surface area contributed by atoms with Crippen LogP contribution in [0.1, 0.15) is 25.0 Å². The van der Waals surface area contributed by atoms with Crippen LogP contribution in [-0.2, 0) is 27.4 Å². The van der Waals surface area contributed by atoms with E-state index in [0.29, 0.717) is 31.7 Å². The maximum absolute atomic E-state index is 6.63. The Morgan fingerprint density at radius 1 is 0.719 bits per heavy atom. The summed E-state index contributed by atoms with van der Waals surface area (Å²) in [5.74, 6) is 0.679. The van der Waals surface area contributed by atoms with Crippen LogP contribution < -0.4 is 0 Å². The lowest BCUT2D eigenvalue weighted by Crippen LogP contribution is -2.50. The van der Waals surface area contributed by atoms with E-state index in [0.717, 1.165) is 0 Å². The molecule has 0 amide bonds. The second-order valence-electron chi connectivity index (χ2n) is 8.45. The van der Waals surface area contributed by atoms with Crippen LogP contribution in [0.25, 0.3) is 0 Å². The van der Waals surface area contributed by atoms with E-state index in [1.807, 2.05) is 30.3 Å². The molecule has 3 aromatic carbocycles. The highest BCUT2D eigenvalue weighted by Gasteiger charge is 2.42. The van der Waals surface area contributed by atoms with Gasteiger partial charge in [-0.2, -0.15) is 0 Å². The van der Waals surface area contributed by atoms with Gasteiger partial charge in [-0.15, -0.1) is 0 Å². The quantitative estimate of drug-likeness (QED) is 0.370. The number of ether oxygens (including phenoxy) is 3. The third-order valence-corrected chi connectivity index (χ3v) is 7.34. The number of hydrogen-bond donors (Lipinski definition) is 0. The van der Waals surface area contributed by atoms with E-state index in [-0.39, 0.29) is 17.6 Å². The summed E-state index contributed by atoms with van der Waals surface area (Å²) in [5.41, 5.74) is 2.28. The van der Waals surface area contributed by atoms with Gasteiger partial charge in [-0.05, 0) is 35.1 Å². The minimum absolute atomic E-state index is 0.000727. The first-order chi connectivity index (χ1) is 15.7. The summed E-state index contributed by atoms with van der Waals surface area (Å²) in [7, 11) is 0. The molecule has 1 aliphatic heterocycles. The van der Waals surface area contributed by atoms with Crippen LogP contribution in [0.5, 0.6) is 0 Å². The summed E-state index contributed by atoms with van der Waals surface area (Å²) in [6.07, 6.45) is 0.0345. The largest absolute Gasteiger partial charge is 0.374 e. The molecule has 2 unspecified atom stereocenters. The highest BCUT2D eigenvalue weighted by molar-refractivity contribution is 7.99. The van der Waals surface area contributed by atoms with Crippen molar-refractivity contribution in [3.05, 3.63) is 102 Å².